The van der Waals surface area contributed by atoms with E-state index in [9.17, 15) is 0 Å². The van der Waals surface area contributed by atoms with E-state index in [4.69, 9.17) is 5.84 Å². The van der Waals surface area contributed by atoms with Crippen LogP contribution in [0.5, 0.6) is 0 Å². The molecule has 0 aliphatic carbocycles. The van der Waals surface area contributed by atoms with Crippen molar-refractivity contribution in [3.63, 3.8) is 0 Å². The standard InChI is InChI=1S/C10H14N10/c11-17-10-15-8(7-6-14-18-9(7)16-10)12-2-1-4-20-5-3-13-19-20/h3,5-6H,1-2,4,11H2,(H3,12,14,15,16,17,18). The molecule has 20 heavy (non-hydrogen) atoms. The number of nitrogens with two attached hydrogens (primary N) is 1. The van der Waals surface area contributed by atoms with Crippen LogP contribution in [0.25, 0.3) is 11.0 Å². The molecule has 3 rings (SSSR count). The molecule has 0 aliphatic heterocycles. The zero-order chi connectivity index (χ0) is 13.8. The second-order valence-corrected chi connectivity index (χ2v) is 4.12. The highest BCUT2D eigenvalue weighted by atomic mass is 15.4. The smallest absolute Gasteiger partial charge is 0.241 e. The van der Waals surface area contributed by atoms with E-state index >= 15 is 0 Å². The molecule has 3 heterocycles. The van der Waals surface area contributed by atoms with Crippen molar-refractivity contribution < 1.29 is 0 Å². The zero-order valence-electron chi connectivity index (χ0n) is 10.6. The molecular formula is C10H14N10. The lowest BCUT2D eigenvalue weighted by atomic mass is 10.3. The van der Waals surface area contributed by atoms with Gasteiger partial charge in [-0.3, -0.25) is 15.2 Å². The van der Waals surface area contributed by atoms with E-state index in [-0.39, 0.29) is 0 Å². The van der Waals surface area contributed by atoms with Gasteiger partial charge in [0.1, 0.15) is 5.82 Å². The third-order valence-electron chi connectivity index (χ3n) is 2.77. The molecule has 0 radical (unpaired) electrons. The summed E-state index contributed by atoms with van der Waals surface area (Å²) in [6.07, 6.45) is 6.05. The summed E-state index contributed by atoms with van der Waals surface area (Å²) in [5.41, 5.74) is 3.06. The molecule has 0 bridgehead atoms. The first-order valence-electron chi connectivity index (χ1n) is 6.12. The number of anilines is 2. The highest BCUT2D eigenvalue weighted by Crippen LogP contribution is 2.19. The Labute approximate surface area is 113 Å². The Morgan fingerprint density at radius 1 is 1.35 bits per heavy atom. The van der Waals surface area contributed by atoms with Gasteiger partial charge in [-0.25, -0.2) is 5.84 Å². The quantitative estimate of drug-likeness (QED) is 0.274. The number of aromatic nitrogens is 7. The predicted molar refractivity (Wildman–Crippen MR) is 72.6 cm³/mol. The summed E-state index contributed by atoms with van der Waals surface area (Å²) in [5.74, 6) is 6.37. The van der Waals surface area contributed by atoms with Crippen molar-refractivity contribution in [1.82, 2.24) is 35.2 Å². The van der Waals surface area contributed by atoms with Gasteiger partial charge < -0.3 is 5.32 Å². The number of hydrogen-bond acceptors (Lipinski definition) is 8. The van der Waals surface area contributed by atoms with Crippen LogP contribution >= 0.6 is 0 Å². The lowest BCUT2D eigenvalue weighted by Crippen LogP contribution is -2.13. The minimum Gasteiger partial charge on any atom is -0.369 e. The summed E-state index contributed by atoms with van der Waals surface area (Å²) in [6, 6.07) is 0. The summed E-state index contributed by atoms with van der Waals surface area (Å²) < 4.78 is 1.78. The molecule has 0 fully saturated rings. The second kappa shape index (κ2) is 5.48. The molecule has 104 valence electrons. The summed E-state index contributed by atoms with van der Waals surface area (Å²) >= 11 is 0. The number of aromatic amines is 1. The van der Waals surface area contributed by atoms with Gasteiger partial charge in [0.05, 0.1) is 17.8 Å². The third-order valence-corrected chi connectivity index (χ3v) is 2.77. The molecule has 0 saturated heterocycles. The number of nitrogen functional groups attached to an aromatic ring is 1. The summed E-state index contributed by atoms with van der Waals surface area (Å²) in [6.45, 7) is 1.52. The van der Waals surface area contributed by atoms with Crippen LogP contribution in [-0.2, 0) is 6.54 Å². The van der Waals surface area contributed by atoms with Gasteiger partial charge in [-0.2, -0.15) is 15.1 Å². The van der Waals surface area contributed by atoms with Crippen molar-refractivity contribution in [3.05, 3.63) is 18.6 Å². The highest BCUT2D eigenvalue weighted by molar-refractivity contribution is 5.86. The number of H-pyrrole nitrogens is 1. The first kappa shape index (κ1) is 12.3. The van der Waals surface area contributed by atoms with E-state index in [0.29, 0.717) is 17.4 Å². The van der Waals surface area contributed by atoms with Crippen molar-refractivity contribution in [2.75, 3.05) is 17.3 Å². The average Bonchev–Trinajstić information content (AvgIpc) is 3.13. The summed E-state index contributed by atoms with van der Waals surface area (Å²) in [5, 5.41) is 18.5. The van der Waals surface area contributed by atoms with Crippen LogP contribution in [0.4, 0.5) is 11.8 Å². The Hall–Kier alpha value is -2.75. The van der Waals surface area contributed by atoms with Gasteiger partial charge >= 0.3 is 0 Å². The first-order valence-corrected chi connectivity index (χ1v) is 6.12. The maximum atomic E-state index is 5.34. The van der Waals surface area contributed by atoms with Crippen molar-refractivity contribution >= 4 is 22.8 Å². The van der Waals surface area contributed by atoms with Crippen molar-refractivity contribution in [3.8, 4) is 0 Å². The molecule has 5 N–H and O–H groups in total. The van der Waals surface area contributed by atoms with Crippen LogP contribution in [0.3, 0.4) is 0 Å². The van der Waals surface area contributed by atoms with Gasteiger partial charge in [0.2, 0.25) is 5.95 Å². The van der Waals surface area contributed by atoms with Crippen LogP contribution < -0.4 is 16.6 Å². The van der Waals surface area contributed by atoms with Crippen LogP contribution in [0.1, 0.15) is 6.42 Å². The summed E-state index contributed by atoms with van der Waals surface area (Å²) in [7, 11) is 0. The van der Waals surface area contributed by atoms with E-state index in [0.717, 1.165) is 24.9 Å². The van der Waals surface area contributed by atoms with Crippen LogP contribution in [-0.4, -0.2) is 41.7 Å². The predicted octanol–water partition coefficient (Wildman–Crippen LogP) is -0.268. The van der Waals surface area contributed by atoms with Crippen molar-refractivity contribution in [2.45, 2.75) is 13.0 Å². The van der Waals surface area contributed by atoms with E-state index in [1.54, 1.807) is 17.1 Å². The molecule has 0 unspecified atom stereocenters. The zero-order valence-corrected chi connectivity index (χ0v) is 10.6. The molecule has 0 amide bonds. The van der Waals surface area contributed by atoms with E-state index < -0.39 is 0 Å². The van der Waals surface area contributed by atoms with E-state index in [1.807, 2.05) is 6.20 Å². The molecule has 10 heteroatoms. The fourth-order valence-corrected chi connectivity index (χ4v) is 1.83. The number of rotatable bonds is 6. The summed E-state index contributed by atoms with van der Waals surface area (Å²) in [4.78, 5) is 8.43. The van der Waals surface area contributed by atoms with Gasteiger partial charge in [-0.1, -0.05) is 5.21 Å². The number of fused-ring (bicyclic) bond motifs is 1. The Bertz CT molecular complexity index is 672. The Balaban J connectivity index is 1.65. The lowest BCUT2D eigenvalue weighted by molar-refractivity contribution is 0.569. The topological polar surface area (TPSA) is 135 Å². The number of nitrogens with zero attached hydrogens (tertiary/aromatic N) is 6. The first-order chi connectivity index (χ1) is 9.86. The minimum atomic E-state index is 0.334. The van der Waals surface area contributed by atoms with Crippen LogP contribution in [0.2, 0.25) is 0 Å². The SMILES string of the molecule is NNc1nc(NCCCn2ccnn2)c2cn[nH]c2n1. The highest BCUT2D eigenvalue weighted by Gasteiger charge is 2.08. The van der Waals surface area contributed by atoms with E-state index in [2.05, 4.69) is 41.2 Å². The molecule has 0 spiro atoms. The second-order valence-electron chi connectivity index (χ2n) is 4.12. The molecule has 0 saturated carbocycles. The molecular weight excluding hydrogens is 260 g/mol. The third kappa shape index (κ3) is 2.49. The van der Waals surface area contributed by atoms with Crippen LogP contribution in [0.15, 0.2) is 18.6 Å². The number of hydrazine groups is 1. The molecule has 3 aromatic rings. The van der Waals surface area contributed by atoms with Gasteiger partial charge in [-0.05, 0) is 6.42 Å². The maximum absolute atomic E-state index is 5.34. The normalized spacial score (nSPS) is 10.8. The van der Waals surface area contributed by atoms with Gasteiger partial charge in [0.15, 0.2) is 5.65 Å². The molecule has 0 aromatic carbocycles. The maximum Gasteiger partial charge on any atom is 0.241 e. The fraction of sp³-hybridized carbons (Fsp3) is 0.300. The monoisotopic (exact) mass is 274 g/mol. The fourth-order valence-electron chi connectivity index (χ4n) is 1.83. The Morgan fingerprint density at radius 3 is 3.10 bits per heavy atom. The van der Waals surface area contributed by atoms with Gasteiger partial charge in [-0.15, -0.1) is 5.10 Å². The largest absolute Gasteiger partial charge is 0.369 e. The van der Waals surface area contributed by atoms with Crippen LogP contribution in [0, 0.1) is 0 Å². The Morgan fingerprint density at radius 2 is 2.30 bits per heavy atom. The molecule has 3 aromatic heterocycles. The number of nitrogens with one attached hydrogen (secondary N) is 3. The average molecular weight is 274 g/mol. The van der Waals surface area contributed by atoms with Gasteiger partial charge in [0, 0.05) is 19.3 Å². The Kier molecular flexibility index (Phi) is 3.37. The number of aryl methyl sites for hydroxylation is 1. The molecule has 0 aliphatic rings. The minimum absolute atomic E-state index is 0.334. The lowest BCUT2D eigenvalue weighted by Gasteiger charge is -2.08. The van der Waals surface area contributed by atoms with Crippen molar-refractivity contribution in [1.29, 1.82) is 0 Å². The van der Waals surface area contributed by atoms with E-state index in [1.165, 1.54) is 0 Å². The number of hydrogen-bond donors (Lipinski definition) is 4. The molecule has 0 atom stereocenters. The molecule has 10 nitrogen and oxygen atoms in total. The van der Waals surface area contributed by atoms with Crippen molar-refractivity contribution in [2.24, 2.45) is 5.84 Å². The van der Waals surface area contributed by atoms with Gasteiger partial charge in [0.25, 0.3) is 0 Å².